The van der Waals surface area contributed by atoms with Gasteiger partial charge in [0.15, 0.2) is 0 Å². The van der Waals surface area contributed by atoms with Crippen LogP contribution in [-0.2, 0) is 4.74 Å². The summed E-state index contributed by atoms with van der Waals surface area (Å²) in [5.41, 5.74) is 5.87. The molecule has 2 N–H and O–H groups in total. The minimum Gasteiger partial charge on any atom is -0.375 e. The van der Waals surface area contributed by atoms with E-state index < -0.39 is 0 Å². The first kappa shape index (κ1) is 14.0. The molecule has 0 bridgehead atoms. The number of hydrogen-bond acceptors (Lipinski definition) is 4. The van der Waals surface area contributed by atoms with Crippen LogP contribution in [0.2, 0.25) is 0 Å². The predicted molar refractivity (Wildman–Crippen MR) is 79.0 cm³/mol. The molecule has 0 aromatic heterocycles. The van der Waals surface area contributed by atoms with Gasteiger partial charge in [-0.2, -0.15) is 23.5 Å². The number of ether oxygens (including phenoxy) is 1. The van der Waals surface area contributed by atoms with Gasteiger partial charge < -0.3 is 10.5 Å². The molecule has 2 heterocycles. The Morgan fingerprint density at radius 2 is 2.24 bits per heavy atom. The summed E-state index contributed by atoms with van der Waals surface area (Å²) < 4.78 is 6.13. The van der Waals surface area contributed by atoms with E-state index in [9.17, 15) is 0 Å². The smallest absolute Gasteiger partial charge is 0.0708 e. The number of nitrogens with two attached hydrogens (primary N) is 1. The second-order valence-electron chi connectivity index (χ2n) is 5.28. The fourth-order valence-corrected chi connectivity index (χ4v) is 5.62. The van der Waals surface area contributed by atoms with Crippen molar-refractivity contribution in [3.63, 3.8) is 0 Å². The van der Waals surface area contributed by atoms with E-state index in [0.29, 0.717) is 5.25 Å². The summed E-state index contributed by atoms with van der Waals surface area (Å²) in [7, 11) is 0. The van der Waals surface area contributed by atoms with Gasteiger partial charge in [-0.05, 0) is 50.2 Å². The maximum atomic E-state index is 6.13. The Bertz CT molecular complexity index is 226. The zero-order valence-electron chi connectivity index (χ0n) is 10.8. The molecule has 2 saturated heterocycles. The topological polar surface area (TPSA) is 35.2 Å². The molecule has 4 heteroatoms. The highest BCUT2D eigenvalue weighted by Gasteiger charge is 2.39. The third-order valence-corrected chi connectivity index (χ3v) is 6.32. The highest BCUT2D eigenvalue weighted by atomic mass is 32.2. The monoisotopic (exact) mass is 275 g/mol. The van der Waals surface area contributed by atoms with Crippen molar-refractivity contribution in [2.24, 2.45) is 5.73 Å². The summed E-state index contributed by atoms with van der Waals surface area (Å²) in [6.07, 6.45) is 6.17. The van der Waals surface area contributed by atoms with E-state index in [-0.39, 0.29) is 5.60 Å². The molecule has 100 valence electrons. The second-order valence-corrected chi connectivity index (χ2v) is 8.25. The van der Waals surface area contributed by atoms with Crippen molar-refractivity contribution in [2.45, 2.75) is 55.1 Å². The number of thioether (sulfide) groups is 2. The van der Waals surface area contributed by atoms with E-state index in [2.05, 4.69) is 30.4 Å². The lowest BCUT2D eigenvalue weighted by atomic mass is 9.88. The molecule has 2 nitrogen and oxygen atoms in total. The quantitative estimate of drug-likeness (QED) is 0.855. The van der Waals surface area contributed by atoms with Crippen LogP contribution in [0.3, 0.4) is 0 Å². The van der Waals surface area contributed by atoms with E-state index in [1.807, 2.05) is 0 Å². The summed E-state index contributed by atoms with van der Waals surface area (Å²) in [5, 5.41) is 1.51. The van der Waals surface area contributed by atoms with Gasteiger partial charge in [0.05, 0.1) is 5.60 Å². The van der Waals surface area contributed by atoms with Gasteiger partial charge in [0.25, 0.3) is 0 Å². The molecule has 0 amide bonds. The van der Waals surface area contributed by atoms with E-state index in [4.69, 9.17) is 10.5 Å². The van der Waals surface area contributed by atoms with Crippen LogP contribution >= 0.6 is 23.5 Å². The van der Waals surface area contributed by atoms with Crippen molar-refractivity contribution >= 4 is 23.5 Å². The van der Waals surface area contributed by atoms with Gasteiger partial charge in [-0.25, -0.2) is 0 Å². The van der Waals surface area contributed by atoms with Crippen LogP contribution in [0.15, 0.2) is 0 Å². The summed E-state index contributed by atoms with van der Waals surface area (Å²) in [5.74, 6) is 2.57. The zero-order chi connectivity index (χ0) is 12.1. The molecular weight excluding hydrogens is 250 g/mol. The van der Waals surface area contributed by atoms with Crippen molar-refractivity contribution in [2.75, 3.05) is 24.7 Å². The summed E-state index contributed by atoms with van der Waals surface area (Å²) >= 11 is 4.23. The van der Waals surface area contributed by atoms with Crippen molar-refractivity contribution in [3.8, 4) is 0 Å². The lowest BCUT2D eigenvalue weighted by Crippen LogP contribution is -2.44. The summed E-state index contributed by atoms with van der Waals surface area (Å²) in [6, 6.07) is 0. The molecule has 2 unspecified atom stereocenters. The molecule has 0 saturated carbocycles. The first-order chi connectivity index (χ1) is 8.24. The van der Waals surface area contributed by atoms with Crippen molar-refractivity contribution in [3.05, 3.63) is 0 Å². The molecule has 2 atom stereocenters. The molecule has 17 heavy (non-hydrogen) atoms. The third kappa shape index (κ3) is 4.05. The van der Waals surface area contributed by atoms with Crippen molar-refractivity contribution in [1.29, 1.82) is 0 Å². The second kappa shape index (κ2) is 6.69. The molecule has 2 aliphatic rings. The lowest BCUT2D eigenvalue weighted by molar-refractivity contribution is -0.0805. The van der Waals surface area contributed by atoms with Crippen LogP contribution in [0.5, 0.6) is 0 Å². The lowest BCUT2D eigenvalue weighted by Gasteiger charge is -2.43. The van der Waals surface area contributed by atoms with E-state index in [0.717, 1.165) is 24.8 Å². The molecule has 1 spiro atoms. The van der Waals surface area contributed by atoms with Crippen LogP contribution in [0.25, 0.3) is 0 Å². The molecule has 2 fully saturated rings. The van der Waals surface area contributed by atoms with Gasteiger partial charge in [-0.15, -0.1) is 0 Å². The Labute approximate surface area is 114 Å². The van der Waals surface area contributed by atoms with Gasteiger partial charge in [-0.1, -0.05) is 6.92 Å². The van der Waals surface area contributed by atoms with Gasteiger partial charge in [0.2, 0.25) is 0 Å². The Kier molecular flexibility index (Phi) is 5.52. The molecule has 0 radical (unpaired) electrons. The molecular formula is C13H25NOS2. The fourth-order valence-electron chi connectivity index (χ4n) is 2.82. The van der Waals surface area contributed by atoms with Gasteiger partial charge >= 0.3 is 0 Å². The Balaban J connectivity index is 1.83. The minimum absolute atomic E-state index is 0.240. The largest absolute Gasteiger partial charge is 0.375 e. The fraction of sp³-hybridized carbons (Fsp3) is 1.00. The van der Waals surface area contributed by atoms with E-state index >= 15 is 0 Å². The molecule has 0 aromatic carbocycles. The highest BCUT2D eigenvalue weighted by Crippen LogP contribution is 2.41. The summed E-state index contributed by atoms with van der Waals surface area (Å²) in [6.45, 7) is 4.10. The Morgan fingerprint density at radius 3 is 2.94 bits per heavy atom. The molecule has 2 aliphatic heterocycles. The van der Waals surface area contributed by atoms with E-state index in [1.165, 1.54) is 37.2 Å². The van der Waals surface area contributed by atoms with Crippen LogP contribution in [0.1, 0.15) is 39.0 Å². The highest BCUT2D eigenvalue weighted by molar-refractivity contribution is 8.00. The van der Waals surface area contributed by atoms with Crippen LogP contribution in [0.4, 0.5) is 0 Å². The average Bonchev–Trinajstić information content (AvgIpc) is 2.30. The number of hydrogen-bond donors (Lipinski definition) is 1. The predicted octanol–water partition coefficient (Wildman–Crippen LogP) is 2.90. The molecule has 0 aromatic rings. The first-order valence-corrected chi connectivity index (χ1v) is 8.91. The van der Waals surface area contributed by atoms with Crippen LogP contribution < -0.4 is 5.73 Å². The zero-order valence-corrected chi connectivity index (χ0v) is 12.5. The first-order valence-electron chi connectivity index (χ1n) is 6.81. The normalized spacial score (nSPS) is 30.4. The van der Waals surface area contributed by atoms with Crippen molar-refractivity contribution in [1.82, 2.24) is 0 Å². The van der Waals surface area contributed by atoms with Crippen molar-refractivity contribution < 1.29 is 4.74 Å². The van der Waals surface area contributed by atoms with Crippen LogP contribution in [-0.4, -0.2) is 40.8 Å². The minimum atomic E-state index is 0.240. The maximum absolute atomic E-state index is 6.13. The molecule has 0 aliphatic carbocycles. The van der Waals surface area contributed by atoms with Gasteiger partial charge in [0, 0.05) is 17.1 Å². The number of rotatable bonds is 4. The Hall–Kier alpha value is 0.620. The maximum Gasteiger partial charge on any atom is 0.0708 e. The van der Waals surface area contributed by atoms with E-state index in [1.54, 1.807) is 0 Å². The van der Waals surface area contributed by atoms with Gasteiger partial charge in [-0.3, -0.25) is 0 Å². The average molecular weight is 275 g/mol. The Morgan fingerprint density at radius 1 is 1.47 bits per heavy atom. The SMILES string of the molecule is CC(CCN)SC1CCOC2(CCSCC2)C1. The molecule has 2 rings (SSSR count). The third-order valence-electron chi connectivity index (χ3n) is 3.85. The van der Waals surface area contributed by atoms with Gasteiger partial charge in [0.1, 0.15) is 0 Å². The standard InChI is InChI=1S/C13H25NOS2/c1-11(2-6-14)17-12-3-7-15-13(10-12)4-8-16-9-5-13/h11-12H,2-10,14H2,1H3. The van der Waals surface area contributed by atoms with Crippen LogP contribution in [0, 0.1) is 0 Å². The summed E-state index contributed by atoms with van der Waals surface area (Å²) in [4.78, 5) is 0.